The zero-order valence-electron chi connectivity index (χ0n) is 24.7. The quantitative estimate of drug-likeness (QED) is 0.248. The van der Waals surface area contributed by atoms with E-state index >= 15 is 0 Å². The van der Waals surface area contributed by atoms with Crippen molar-refractivity contribution in [3.05, 3.63) is 89.2 Å². The summed E-state index contributed by atoms with van der Waals surface area (Å²) in [6.07, 6.45) is 2.91. The molecule has 2 N–H and O–H groups in total. The molecule has 7 nitrogen and oxygen atoms in total. The number of piperidine rings is 1. The maximum atomic E-state index is 13.3. The van der Waals surface area contributed by atoms with Crippen LogP contribution in [0.1, 0.15) is 35.4 Å². The molecule has 226 valence electrons. The summed E-state index contributed by atoms with van der Waals surface area (Å²) in [6.45, 7) is 7.80. The lowest BCUT2D eigenvalue weighted by atomic mass is 9.87. The molecule has 2 aliphatic heterocycles. The van der Waals surface area contributed by atoms with Crippen LogP contribution in [0.4, 0.5) is 10.1 Å². The molecule has 5 rings (SSSR count). The summed E-state index contributed by atoms with van der Waals surface area (Å²) in [5, 5.41) is 6.88. The van der Waals surface area contributed by atoms with Crippen LogP contribution in [0.2, 0.25) is 0 Å². The highest BCUT2D eigenvalue weighted by atomic mass is 19.1. The largest absolute Gasteiger partial charge is 0.492 e. The van der Waals surface area contributed by atoms with Gasteiger partial charge in [0.05, 0.1) is 24.9 Å². The van der Waals surface area contributed by atoms with Crippen LogP contribution in [0.3, 0.4) is 0 Å². The molecule has 0 aliphatic carbocycles. The lowest BCUT2D eigenvalue weighted by Crippen LogP contribution is -2.41. The Balaban J connectivity index is 1.09. The first-order chi connectivity index (χ1) is 20.7. The molecule has 42 heavy (non-hydrogen) atoms. The van der Waals surface area contributed by atoms with Gasteiger partial charge in [0.2, 0.25) is 0 Å². The lowest BCUT2D eigenvalue weighted by Gasteiger charge is -2.33. The molecule has 0 radical (unpaired) electrons. The average Bonchev–Trinajstić information content (AvgIpc) is 3.02. The molecule has 0 amide bonds. The molecule has 3 aromatic carbocycles. The Bertz CT molecular complexity index is 1240. The van der Waals surface area contributed by atoms with E-state index in [4.69, 9.17) is 18.9 Å². The number of nitrogens with zero attached hydrogens (tertiary/aromatic N) is 1. The Morgan fingerprint density at radius 1 is 1.02 bits per heavy atom. The number of nitrogens with one attached hydrogen (secondary N) is 2. The topological polar surface area (TPSA) is 64.2 Å². The summed E-state index contributed by atoms with van der Waals surface area (Å²) in [5.41, 5.74) is 4.59. The predicted molar refractivity (Wildman–Crippen MR) is 164 cm³/mol. The lowest BCUT2D eigenvalue weighted by molar-refractivity contribution is 0.0106. The van der Waals surface area contributed by atoms with Crippen molar-refractivity contribution in [1.82, 2.24) is 10.6 Å². The van der Waals surface area contributed by atoms with Crippen molar-refractivity contribution < 1.29 is 23.3 Å². The van der Waals surface area contributed by atoms with Gasteiger partial charge in [0, 0.05) is 39.3 Å². The third-order valence-corrected chi connectivity index (χ3v) is 7.99. The van der Waals surface area contributed by atoms with Gasteiger partial charge in [0.1, 0.15) is 30.5 Å². The van der Waals surface area contributed by atoms with Crippen LogP contribution < -0.4 is 25.0 Å². The first-order valence-corrected chi connectivity index (χ1v) is 15.2. The molecule has 0 spiro atoms. The monoisotopic (exact) mass is 577 g/mol. The summed E-state index contributed by atoms with van der Waals surface area (Å²) >= 11 is 0. The number of rotatable bonds is 15. The molecule has 2 heterocycles. The Hall–Kier alpha value is -3.17. The Morgan fingerprint density at radius 2 is 1.93 bits per heavy atom. The van der Waals surface area contributed by atoms with Crippen molar-refractivity contribution in [1.29, 1.82) is 0 Å². The molecule has 1 saturated heterocycles. The minimum absolute atomic E-state index is 0.0953. The van der Waals surface area contributed by atoms with E-state index in [-0.39, 0.29) is 11.9 Å². The zero-order valence-corrected chi connectivity index (χ0v) is 24.7. The van der Waals surface area contributed by atoms with Crippen LogP contribution in [-0.4, -0.2) is 72.3 Å². The molecule has 2 aliphatic rings. The molecule has 0 aromatic heterocycles. The first kappa shape index (κ1) is 30.3. The second-order valence-corrected chi connectivity index (χ2v) is 11.0. The Kier molecular flexibility index (Phi) is 11.5. The maximum Gasteiger partial charge on any atom is 0.142 e. The highest BCUT2D eigenvalue weighted by molar-refractivity contribution is 5.61. The van der Waals surface area contributed by atoms with Gasteiger partial charge < -0.3 is 34.5 Å². The van der Waals surface area contributed by atoms with Gasteiger partial charge in [-0.25, -0.2) is 4.39 Å². The van der Waals surface area contributed by atoms with Gasteiger partial charge in [-0.1, -0.05) is 30.3 Å². The maximum absolute atomic E-state index is 13.3. The van der Waals surface area contributed by atoms with Crippen molar-refractivity contribution in [2.45, 2.75) is 37.9 Å². The van der Waals surface area contributed by atoms with E-state index in [9.17, 15) is 4.39 Å². The molecule has 0 saturated carbocycles. The Labute approximate surface area is 249 Å². The van der Waals surface area contributed by atoms with Crippen LogP contribution >= 0.6 is 0 Å². The van der Waals surface area contributed by atoms with Gasteiger partial charge in [-0.3, -0.25) is 0 Å². The third kappa shape index (κ3) is 8.67. The Morgan fingerprint density at radius 3 is 2.79 bits per heavy atom. The van der Waals surface area contributed by atoms with Crippen molar-refractivity contribution in [2.24, 2.45) is 0 Å². The molecule has 0 unspecified atom stereocenters. The number of anilines is 1. The first-order valence-electron chi connectivity index (χ1n) is 15.2. The molecular weight excluding hydrogens is 533 g/mol. The number of hydrogen-bond acceptors (Lipinski definition) is 7. The van der Waals surface area contributed by atoms with Gasteiger partial charge in [-0.2, -0.15) is 0 Å². The summed E-state index contributed by atoms with van der Waals surface area (Å²) in [5.74, 6) is 1.95. The average molecular weight is 578 g/mol. The van der Waals surface area contributed by atoms with Crippen LogP contribution in [0.5, 0.6) is 11.5 Å². The number of methoxy groups -OCH3 is 1. The van der Waals surface area contributed by atoms with E-state index in [0.717, 1.165) is 93.5 Å². The number of benzene rings is 3. The van der Waals surface area contributed by atoms with Gasteiger partial charge >= 0.3 is 0 Å². The summed E-state index contributed by atoms with van der Waals surface area (Å²) < 4.78 is 36.9. The second-order valence-electron chi connectivity index (χ2n) is 11.0. The second kappa shape index (κ2) is 15.9. The third-order valence-electron chi connectivity index (χ3n) is 7.99. The van der Waals surface area contributed by atoms with Crippen LogP contribution in [0, 0.1) is 5.82 Å². The highest BCUT2D eigenvalue weighted by Crippen LogP contribution is 2.34. The molecular formula is C34H44FN3O4. The SMILES string of the molecule is COCCCN1CCOc2ccc(CO[C@H]3CNCC[C@@H]3c3ccc(OCCNCCc4cccc(F)c4)cc3)cc21. The van der Waals surface area contributed by atoms with E-state index in [1.54, 1.807) is 19.2 Å². The molecule has 1 fully saturated rings. The summed E-state index contributed by atoms with van der Waals surface area (Å²) in [7, 11) is 1.75. The van der Waals surface area contributed by atoms with Crippen molar-refractivity contribution >= 4 is 5.69 Å². The fourth-order valence-electron chi connectivity index (χ4n) is 5.73. The normalized spacial score (nSPS) is 18.4. The van der Waals surface area contributed by atoms with Gasteiger partial charge in [0.15, 0.2) is 0 Å². The standard InChI is InChI=1S/C34H44FN3O4/c1-39-19-3-17-38-18-21-41-33-11-6-27(23-32(33)38)25-42-34-24-37-15-13-31(34)28-7-9-30(10-8-28)40-20-16-36-14-12-26-4-2-5-29(35)22-26/h2,4-11,22-23,31,34,36-37H,3,12-21,24-25H2,1H3/t31-,34+/m1/s1. The fourth-order valence-corrected chi connectivity index (χ4v) is 5.73. The van der Waals surface area contributed by atoms with E-state index in [2.05, 4.69) is 58.0 Å². The highest BCUT2D eigenvalue weighted by Gasteiger charge is 2.27. The smallest absolute Gasteiger partial charge is 0.142 e. The number of hydrogen-bond donors (Lipinski definition) is 2. The molecule has 3 aromatic rings. The number of fused-ring (bicyclic) bond motifs is 1. The van der Waals surface area contributed by atoms with Crippen molar-refractivity contribution in [3.63, 3.8) is 0 Å². The van der Waals surface area contributed by atoms with Crippen LogP contribution in [-0.2, 0) is 22.5 Å². The van der Waals surface area contributed by atoms with Crippen LogP contribution in [0.25, 0.3) is 0 Å². The molecule has 0 bridgehead atoms. The fraction of sp³-hybridized carbons (Fsp3) is 0.471. The van der Waals surface area contributed by atoms with Crippen molar-refractivity contribution in [2.75, 3.05) is 71.1 Å². The molecule has 8 heteroatoms. The van der Waals surface area contributed by atoms with E-state index in [1.165, 1.54) is 11.6 Å². The van der Waals surface area contributed by atoms with Gasteiger partial charge in [-0.15, -0.1) is 0 Å². The van der Waals surface area contributed by atoms with E-state index in [0.29, 0.717) is 25.7 Å². The molecule has 2 atom stereocenters. The van der Waals surface area contributed by atoms with E-state index < -0.39 is 0 Å². The van der Waals surface area contributed by atoms with Crippen LogP contribution in [0.15, 0.2) is 66.7 Å². The summed E-state index contributed by atoms with van der Waals surface area (Å²) in [6, 6.07) is 21.6. The van der Waals surface area contributed by atoms with Gasteiger partial charge in [0.25, 0.3) is 0 Å². The van der Waals surface area contributed by atoms with Gasteiger partial charge in [-0.05, 0) is 85.4 Å². The number of halogens is 1. The zero-order chi connectivity index (χ0) is 29.0. The summed E-state index contributed by atoms with van der Waals surface area (Å²) in [4.78, 5) is 2.39. The van der Waals surface area contributed by atoms with Crippen molar-refractivity contribution in [3.8, 4) is 11.5 Å². The minimum atomic E-state index is -0.187. The minimum Gasteiger partial charge on any atom is -0.492 e. The van der Waals surface area contributed by atoms with E-state index in [1.807, 2.05) is 6.07 Å². The number of ether oxygens (including phenoxy) is 4. The predicted octanol–water partition coefficient (Wildman–Crippen LogP) is 4.93.